The van der Waals surface area contributed by atoms with Gasteiger partial charge in [-0.1, -0.05) is 88.6 Å². The van der Waals surface area contributed by atoms with E-state index in [0.29, 0.717) is 12.2 Å². The smallest absolute Gasteiger partial charge is 0.311 e. The van der Waals surface area contributed by atoms with Gasteiger partial charge in [-0.25, -0.2) is 0 Å². The standard InChI is InChI=1S/C31H55N3O2/c1-8-9-10-11-12-13-14-15-16-17-18-19-20-21-22-27-30(35)36-29-26-24-23-25-28(29)31(32(2)3,33(4)5)34(6)7/h15-16,23-26H,8-14,17-22,27H2,1-7H3/b16-15-. The molecule has 0 spiro atoms. The molecular formula is C31H55N3O2. The molecule has 0 fully saturated rings. The van der Waals surface area contributed by atoms with Crippen LogP contribution in [0, 0.1) is 0 Å². The molecular weight excluding hydrogens is 446 g/mol. The minimum absolute atomic E-state index is 0.148. The molecule has 5 heteroatoms. The van der Waals surface area contributed by atoms with E-state index in [1.165, 1.54) is 70.6 Å². The summed E-state index contributed by atoms with van der Waals surface area (Å²) >= 11 is 0. The molecule has 0 aliphatic rings. The van der Waals surface area contributed by atoms with E-state index >= 15 is 0 Å². The first kappa shape index (κ1) is 32.3. The van der Waals surface area contributed by atoms with Gasteiger partial charge in [0.05, 0.1) is 0 Å². The third kappa shape index (κ3) is 10.7. The van der Waals surface area contributed by atoms with Crippen molar-refractivity contribution in [3.8, 4) is 5.75 Å². The van der Waals surface area contributed by atoms with Crippen LogP contribution in [0.1, 0.15) is 102 Å². The SMILES string of the molecule is CCCCCCCC/C=C\CCCCCCCC(=O)Oc1ccccc1C(N(C)C)(N(C)C)N(C)C. The summed E-state index contributed by atoms with van der Waals surface area (Å²) in [5, 5.41) is 0. The summed E-state index contributed by atoms with van der Waals surface area (Å²) in [5.41, 5.74) is 0.961. The van der Waals surface area contributed by atoms with Crippen LogP contribution in [0.4, 0.5) is 0 Å². The maximum Gasteiger partial charge on any atom is 0.311 e. The van der Waals surface area contributed by atoms with Crippen molar-refractivity contribution in [3.05, 3.63) is 42.0 Å². The number of benzene rings is 1. The van der Waals surface area contributed by atoms with Gasteiger partial charge in [0.2, 0.25) is 0 Å². The largest absolute Gasteiger partial charge is 0.426 e. The van der Waals surface area contributed by atoms with Crippen LogP contribution in [0.2, 0.25) is 0 Å². The molecule has 0 heterocycles. The third-order valence-corrected chi connectivity index (χ3v) is 6.99. The summed E-state index contributed by atoms with van der Waals surface area (Å²) in [6, 6.07) is 7.88. The second-order valence-corrected chi connectivity index (χ2v) is 10.6. The molecule has 0 aliphatic carbocycles. The molecule has 0 aliphatic heterocycles. The van der Waals surface area contributed by atoms with Crippen LogP contribution >= 0.6 is 0 Å². The Morgan fingerprint density at radius 2 is 1.19 bits per heavy atom. The van der Waals surface area contributed by atoms with Crippen molar-refractivity contribution < 1.29 is 9.53 Å². The van der Waals surface area contributed by atoms with Crippen molar-refractivity contribution in [3.63, 3.8) is 0 Å². The Morgan fingerprint density at radius 1 is 0.722 bits per heavy atom. The molecule has 0 saturated carbocycles. The second kappa shape index (κ2) is 18.5. The van der Waals surface area contributed by atoms with Crippen LogP contribution in [-0.4, -0.2) is 63.0 Å². The van der Waals surface area contributed by atoms with Gasteiger partial charge in [-0.2, -0.15) is 0 Å². The van der Waals surface area contributed by atoms with Gasteiger partial charge in [0, 0.05) is 12.0 Å². The summed E-state index contributed by atoms with van der Waals surface area (Å²) < 4.78 is 5.89. The lowest BCUT2D eigenvalue weighted by Gasteiger charge is -2.50. The zero-order valence-corrected chi connectivity index (χ0v) is 24.5. The van der Waals surface area contributed by atoms with Crippen LogP contribution in [0.15, 0.2) is 36.4 Å². The van der Waals surface area contributed by atoms with Crippen LogP contribution in [0.3, 0.4) is 0 Å². The van der Waals surface area contributed by atoms with E-state index in [4.69, 9.17) is 4.74 Å². The zero-order chi connectivity index (χ0) is 26.8. The molecule has 36 heavy (non-hydrogen) atoms. The van der Waals surface area contributed by atoms with Crippen molar-refractivity contribution in [2.75, 3.05) is 42.3 Å². The number of ether oxygens (including phenoxy) is 1. The molecule has 0 atom stereocenters. The summed E-state index contributed by atoms with van der Waals surface area (Å²) in [5.74, 6) is -0.0449. The van der Waals surface area contributed by atoms with Gasteiger partial charge in [-0.15, -0.1) is 0 Å². The minimum Gasteiger partial charge on any atom is -0.426 e. The van der Waals surface area contributed by atoms with E-state index < -0.39 is 5.79 Å². The average molecular weight is 502 g/mol. The molecule has 0 radical (unpaired) electrons. The number of unbranched alkanes of at least 4 members (excludes halogenated alkanes) is 11. The Hall–Kier alpha value is -1.69. The number of hydrogen-bond donors (Lipinski definition) is 0. The fourth-order valence-corrected chi connectivity index (χ4v) is 5.27. The second-order valence-electron chi connectivity index (χ2n) is 10.6. The first-order valence-corrected chi connectivity index (χ1v) is 14.3. The maximum atomic E-state index is 12.7. The molecule has 1 rings (SSSR count). The highest BCUT2D eigenvalue weighted by molar-refractivity contribution is 5.72. The Balaban J connectivity index is 2.35. The Morgan fingerprint density at radius 3 is 1.72 bits per heavy atom. The number of rotatable bonds is 20. The van der Waals surface area contributed by atoms with E-state index in [-0.39, 0.29) is 5.97 Å². The van der Waals surface area contributed by atoms with E-state index in [2.05, 4.69) is 33.8 Å². The van der Waals surface area contributed by atoms with E-state index in [9.17, 15) is 4.79 Å². The van der Waals surface area contributed by atoms with Crippen LogP contribution < -0.4 is 4.74 Å². The lowest BCUT2D eigenvalue weighted by atomic mass is 10.0. The van der Waals surface area contributed by atoms with E-state index in [1.807, 2.05) is 66.6 Å². The Labute approximate surface area is 222 Å². The number of para-hydroxylation sites is 1. The van der Waals surface area contributed by atoms with Crippen molar-refractivity contribution in [2.24, 2.45) is 0 Å². The predicted octanol–water partition coefficient (Wildman–Crippen LogP) is 7.42. The maximum absolute atomic E-state index is 12.7. The van der Waals surface area contributed by atoms with E-state index in [1.54, 1.807) is 0 Å². The number of allylic oxidation sites excluding steroid dienone is 2. The summed E-state index contributed by atoms with van der Waals surface area (Å²) in [7, 11) is 12.3. The summed E-state index contributed by atoms with van der Waals surface area (Å²) in [6.45, 7) is 2.27. The molecule has 0 unspecified atom stereocenters. The van der Waals surface area contributed by atoms with Gasteiger partial charge in [0.1, 0.15) is 5.75 Å². The Bertz CT molecular complexity index is 721. The van der Waals surface area contributed by atoms with Gasteiger partial charge in [0.25, 0.3) is 0 Å². The van der Waals surface area contributed by atoms with Crippen molar-refractivity contribution in [2.45, 2.75) is 103 Å². The normalized spacial score (nSPS) is 12.4. The first-order valence-electron chi connectivity index (χ1n) is 14.3. The summed E-state index contributed by atoms with van der Waals surface area (Å²) in [6.07, 6.45) is 21.4. The van der Waals surface area contributed by atoms with Gasteiger partial charge >= 0.3 is 5.97 Å². The third-order valence-electron chi connectivity index (χ3n) is 6.99. The number of hydrogen-bond acceptors (Lipinski definition) is 5. The quantitative estimate of drug-likeness (QED) is 0.0610. The van der Waals surface area contributed by atoms with Crippen molar-refractivity contribution in [1.29, 1.82) is 0 Å². The summed E-state index contributed by atoms with van der Waals surface area (Å²) in [4.78, 5) is 19.1. The number of carbonyl (C=O) groups is 1. The minimum atomic E-state index is -0.528. The average Bonchev–Trinajstić information content (AvgIpc) is 2.82. The molecule has 1 aromatic carbocycles. The van der Waals surface area contributed by atoms with Crippen molar-refractivity contribution in [1.82, 2.24) is 14.7 Å². The van der Waals surface area contributed by atoms with Crippen molar-refractivity contribution >= 4 is 5.97 Å². The van der Waals surface area contributed by atoms with Gasteiger partial charge in [0.15, 0.2) is 5.79 Å². The predicted molar refractivity (Wildman–Crippen MR) is 154 cm³/mol. The monoisotopic (exact) mass is 501 g/mol. The number of nitrogens with zero attached hydrogens (tertiary/aromatic N) is 3. The number of esters is 1. The molecule has 206 valence electrons. The van der Waals surface area contributed by atoms with Crippen LogP contribution in [-0.2, 0) is 10.6 Å². The van der Waals surface area contributed by atoms with E-state index in [0.717, 1.165) is 18.4 Å². The fourth-order valence-electron chi connectivity index (χ4n) is 5.27. The van der Waals surface area contributed by atoms with Crippen LogP contribution in [0.5, 0.6) is 5.75 Å². The van der Waals surface area contributed by atoms with Gasteiger partial charge in [-0.3, -0.25) is 19.5 Å². The highest BCUT2D eigenvalue weighted by atomic mass is 16.5. The first-order chi connectivity index (χ1) is 17.3. The molecule has 0 saturated heterocycles. The molecule has 0 amide bonds. The molecule has 0 aromatic heterocycles. The van der Waals surface area contributed by atoms with Gasteiger partial charge < -0.3 is 4.74 Å². The molecule has 1 aromatic rings. The van der Waals surface area contributed by atoms with Gasteiger partial charge in [-0.05, 0) is 80.5 Å². The lowest BCUT2D eigenvalue weighted by molar-refractivity contribution is -0.136. The lowest BCUT2D eigenvalue weighted by Crippen LogP contribution is -2.61. The molecule has 5 nitrogen and oxygen atoms in total. The van der Waals surface area contributed by atoms with Crippen LogP contribution in [0.25, 0.3) is 0 Å². The fraction of sp³-hybridized carbons (Fsp3) is 0.710. The zero-order valence-electron chi connectivity index (χ0n) is 24.5. The topological polar surface area (TPSA) is 36.0 Å². The highest BCUT2D eigenvalue weighted by Crippen LogP contribution is 2.37. The molecule has 0 bridgehead atoms. The molecule has 0 N–H and O–H groups in total. The number of carbonyl (C=O) groups excluding carboxylic acids is 1. The highest BCUT2D eigenvalue weighted by Gasteiger charge is 2.42. The Kier molecular flexibility index (Phi) is 16.7.